The van der Waals surface area contributed by atoms with E-state index in [-0.39, 0.29) is 16.7 Å². The Kier molecular flexibility index (Phi) is 3.81. The van der Waals surface area contributed by atoms with Crippen molar-refractivity contribution >= 4 is 9.84 Å². The highest BCUT2D eigenvalue weighted by atomic mass is 32.2. The minimum absolute atomic E-state index is 0.0894. The molecule has 94 valence electrons. The van der Waals surface area contributed by atoms with Crippen molar-refractivity contribution in [2.45, 2.75) is 29.9 Å². The second kappa shape index (κ2) is 5.16. The number of sulfone groups is 1. The van der Waals surface area contributed by atoms with Gasteiger partial charge in [0.1, 0.15) is 0 Å². The molecule has 0 aromatic heterocycles. The number of hydrogen-bond donors (Lipinski definition) is 2. The molecule has 1 unspecified atom stereocenters. The first-order valence-electron chi connectivity index (χ1n) is 5.79. The second-order valence-corrected chi connectivity index (χ2v) is 6.40. The predicted octanol–water partition coefficient (Wildman–Crippen LogP) is 0.573. The molecule has 1 aromatic carbocycles. The van der Waals surface area contributed by atoms with E-state index in [1.165, 1.54) is 0 Å². The normalized spacial score (nSPS) is 22.5. The number of hydrogen-bond acceptors (Lipinski definition) is 4. The molecular weight excluding hydrogens is 238 g/mol. The molecule has 1 saturated heterocycles. The molecule has 0 amide bonds. The molecule has 5 heteroatoms. The summed E-state index contributed by atoms with van der Waals surface area (Å²) in [5.74, 6) is -0.214. The highest BCUT2D eigenvalue weighted by Gasteiger charge is 2.28. The topological polar surface area (TPSA) is 66.4 Å². The minimum Gasteiger partial charge on any atom is -0.390 e. The molecule has 1 fully saturated rings. The zero-order valence-electron chi connectivity index (χ0n) is 9.54. The summed E-state index contributed by atoms with van der Waals surface area (Å²) >= 11 is 0. The first-order valence-corrected chi connectivity index (χ1v) is 7.44. The van der Waals surface area contributed by atoms with Gasteiger partial charge >= 0.3 is 0 Å². The van der Waals surface area contributed by atoms with Gasteiger partial charge in [-0.25, -0.2) is 8.42 Å². The Labute approximate surface area is 102 Å². The van der Waals surface area contributed by atoms with Crippen molar-refractivity contribution in [3.8, 4) is 0 Å². The summed E-state index contributed by atoms with van der Waals surface area (Å²) in [6, 6.07) is 8.18. The van der Waals surface area contributed by atoms with Crippen LogP contribution in [0.4, 0.5) is 0 Å². The summed E-state index contributed by atoms with van der Waals surface area (Å²) in [5, 5.41) is 13.0. The summed E-state index contributed by atoms with van der Waals surface area (Å²) in [4.78, 5) is 0.275. The Morgan fingerprint density at radius 1 is 1.35 bits per heavy atom. The average molecular weight is 255 g/mol. The summed E-state index contributed by atoms with van der Waals surface area (Å²) in [7, 11) is -3.39. The smallest absolute Gasteiger partial charge is 0.180 e. The number of rotatable bonds is 4. The SMILES string of the molecule is O=S(=O)(C[C@H](O)C1CCCN1)c1ccccc1. The van der Waals surface area contributed by atoms with Crippen LogP contribution in [-0.4, -0.2) is 38.0 Å². The van der Waals surface area contributed by atoms with Gasteiger partial charge in [0.2, 0.25) is 0 Å². The summed E-state index contributed by atoms with van der Waals surface area (Å²) in [6.07, 6.45) is 1.00. The number of aliphatic hydroxyl groups is 1. The maximum atomic E-state index is 12.0. The van der Waals surface area contributed by atoms with E-state index in [0.717, 1.165) is 19.4 Å². The maximum absolute atomic E-state index is 12.0. The Balaban J connectivity index is 2.07. The fourth-order valence-electron chi connectivity index (χ4n) is 2.10. The summed E-state index contributed by atoms with van der Waals surface area (Å²) < 4.78 is 24.0. The van der Waals surface area contributed by atoms with Crippen molar-refractivity contribution in [2.24, 2.45) is 0 Å². The zero-order chi connectivity index (χ0) is 12.3. The summed E-state index contributed by atoms with van der Waals surface area (Å²) in [5.41, 5.74) is 0. The Morgan fingerprint density at radius 2 is 2.06 bits per heavy atom. The number of benzene rings is 1. The molecule has 0 radical (unpaired) electrons. The fourth-order valence-corrected chi connectivity index (χ4v) is 3.55. The Bertz CT molecular complexity index is 452. The van der Waals surface area contributed by atoms with E-state index in [0.29, 0.717) is 0 Å². The number of aliphatic hydroxyl groups excluding tert-OH is 1. The van der Waals surface area contributed by atoms with Crippen molar-refractivity contribution in [1.82, 2.24) is 5.32 Å². The molecule has 0 saturated carbocycles. The number of nitrogens with one attached hydrogen (secondary N) is 1. The molecule has 17 heavy (non-hydrogen) atoms. The molecule has 0 aliphatic carbocycles. The van der Waals surface area contributed by atoms with E-state index in [1.54, 1.807) is 30.3 Å². The van der Waals surface area contributed by atoms with Crippen molar-refractivity contribution in [1.29, 1.82) is 0 Å². The van der Waals surface area contributed by atoms with E-state index in [1.807, 2.05) is 0 Å². The molecule has 0 bridgehead atoms. The first-order chi connectivity index (χ1) is 8.09. The van der Waals surface area contributed by atoms with E-state index in [4.69, 9.17) is 0 Å². The maximum Gasteiger partial charge on any atom is 0.180 e. The molecule has 2 atom stereocenters. The van der Waals surface area contributed by atoms with Crippen LogP contribution in [0, 0.1) is 0 Å². The van der Waals surface area contributed by atoms with E-state index in [2.05, 4.69) is 5.32 Å². The van der Waals surface area contributed by atoms with Gasteiger partial charge in [0.25, 0.3) is 0 Å². The first kappa shape index (κ1) is 12.5. The van der Waals surface area contributed by atoms with Crippen LogP contribution in [0.2, 0.25) is 0 Å². The van der Waals surface area contributed by atoms with Crippen molar-refractivity contribution in [2.75, 3.05) is 12.3 Å². The van der Waals surface area contributed by atoms with Crippen molar-refractivity contribution in [3.63, 3.8) is 0 Å². The lowest BCUT2D eigenvalue weighted by atomic mass is 10.1. The van der Waals surface area contributed by atoms with Gasteiger partial charge in [-0.3, -0.25) is 0 Å². The van der Waals surface area contributed by atoms with Gasteiger partial charge in [-0.05, 0) is 31.5 Å². The van der Waals surface area contributed by atoms with E-state index < -0.39 is 15.9 Å². The third-order valence-electron chi connectivity index (χ3n) is 3.06. The molecule has 1 aromatic rings. The Hall–Kier alpha value is -0.910. The van der Waals surface area contributed by atoms with E-state index >= 15 is 0 Å². The standard InChI is InChI=1S/C12H17NO3S/c14-12(11-7-4-8-13-11)9-17(15,16)10-5-2-1-3-6-10/h1-3,5-6,11-14H,4,7-9H2/t11?,12-/m0/s1. The third-order valence-corrected chi connectivity index (χ3v) is 4.83. The van der Waals surface area contributed by atoms with Crippen molar-refractivity contribution < 1.29 is 13.5 Å². The van der Waals surface area contributed by atoms with Crippen LogP contribution in [0.25, 0.3) is 0 Å². The highest BCUT2D eigenvalue weighted by Crippen LogP contribution is 2.16. The van der Waals surface area contributed by atoms with Gasteiger partial charge in [0.15, 0.2) is 9.84 Å². The molecule has 2 rings (SSSR count). The van der Waals surface area contributed by atoms with Gasteiger partial charge in [0, 0.05) is 6.04 Å². The predicted molar refractivity (Wildman–Crippen MR) is 65.5 cm³/mol. The van der Waals surface area contributed by atoms with Crippen LogP contribution in [-0.2, 0) is 9.84 Å². The van der Waals surface area contributed by atoms with Gasteiger partial charge < -0.3 is 10.4 Å². The second-order valence-electron chi connectivity index (χ2n) is 4.36. The average Bonchev–Trinajstić information content (AvgIpc) is 2.83. The minimum atomic E-state index is -3.39. The lowest BCUT2D eigenvalue weighted by molar-refractivity contribution is 0.157. The molecule has 1 heterocycles. The zero-order valence-corrected chi connectivity index (χ0v) is 10.4. The molecule has 2 N–H and O–H groups in total. The van der Waals surface area contributed by atoms with Crippen LogP contribution in [0.1, 0.15) is 12.8 Å². The van der Waals surface area contributed by atoms with Crippen LogP contribution >= 0.6 is 0 Å². The van der Waals surface area contributed by atoms with Gasteiger partial charge in [-0.15, -0.1) is 0 Å². The quantitative estimate of drug-likeness (QED) is 0.825. The third kappa shape index (κ3) is 3.06. The lowest BCUT2D eigenvalue weighted by Crippen LogP contribution is -2.39. The monoisotopic (exact) mass is 255 g/mol. The van der Waals surface area contributed by atoms with Crippen LogP contribution < -0.4 is 5.32 Å². The molecule has 1 aliphatic heterocycles. The van der Waals surface area contributed by atoms with Crippen LogP contribution in [0.5, 0.6) is 0 Å². The fraction of sp³-hybridized carbons (Fsp3) is 0.500. The van der Waals surface area contributed by atoms with E-state index in [9.17, 15) is 13.5 Å². The molecular formula is C12H17NO3S. The lowest BCUT2D eigenvalue weighted by Gasteiger charge is -2.18. The molecule has 4 nitrogen and oxygen atoms in total. The van der Waals surface area contributed by atoms with Crippen LogP contribution in [0.15, 0.2) is 35.2 Å². The van der Waals surface area contributed by atoms with Gasteiger partial charge in [-0.2, -0.15) is 0 Å². The Morgan fingerprint density at radius 3 is 2.65 bits per heavy atom. The molecule has 1 aliphatic rings. The van der Waals surface area contributed by atoms with Crippen LogP contribution in [0.3, 0.4) is 0 Å². The summed E-state index contributed by atoms with van der Waals surface area (Å²) in [6.45, 7) is 0.854. The largest absolute Gasteiger partial charge is 0.390 e. The highest BCUT2D eigenvalue weighted by molar-refractivity contribution is 7.91. The van der Waals surface area contributed by atoms with Gasteiger partial charge in [-0.1, -0.05) is 18.2 Å². The van der Waals surface area contributed by atoms with Crippen molar-refractivity contribution in [3.05, 3.63) is 30.3 Å². The van der Waals surface area contributed by atoms with Gasteiger partial charge in [0.05, 0.1) is 16.8 Å². The molecule has 0 spiro atoms.